The number of sulfonamides is 1. The van der Waals surface area contributed by atoms with Crippen LogP contribution in [0.3, 0.4) is 0 Å². The van der Waals surface area contributed by atoms with E-state index in [9.17, 15) is 18.3 Å². The van der Waals surface area contributed by atoms with Crippen LogP contribution in [0.5, 0.6) is 5.75 Å². The van der Waals surface area contributed by atoms with Gasteiger partial charge in [0.1, 0.15) is 17.1 Å². The standard InChI is InChI=1S/C25H35N5O5S/c1-4-7-20-22-23(29(3)28-20)25(32)27-24(26-22)19-16-18(9-10-21(19)35-5-2)36(33,34)30-13-6-8-17(11-14-30)12-15-31/h9-10,16-17,31H,4-8,11-15H2,1-3H3,(H,26,27,32). The molecular formula is C25H35N5O5S. The van der Waals surface area contributed by atoms with Crippen LogP contribution in [0.1, 0.15) is 51.6 Å². The van der Waals surface area contributed by atoms with E-state index in [-0.39, 0.29) is 22.9 Å². The second-order valence-electron chi connectivity index (χ2n) is 9.24. The first-order chi connectivity index (χ1) is 17.3. The second kappa shape index (κ2) is 11.1. The van der Waals surface area contributed by atoms with Crippen LogP contribution in [0.2, 0.25) is 0 Å². The van der Waals surface area contributed by atoms with E-state index in [1.807, 2.05) is 13.8 Å². The van der Waals surface area contributed by atoms with Gasteiger partial charge in [-0.15, -0.1) is 0 Å². The lowest BCUT2D eigenvalue weighted by Crippen LogP contribution is -2.32. The maximum Gasteiger partial charge on any atom is 0.277 e. The molecule has 10 nitrogen and oxygen atoms in total. The fourth-order valence-electron chi connectivity index (χ4n) is 4.92. The highest BCUT2D eigenvalue weighted by atomic mass is 32.2. The molecule has 1 unspecified atom stereocenters. The average molecular weight is 518 g/mol. The molecule has 11 heteroatoms. The van der Waals surface area contributed by atoms with Crippen molar-refractivity contribution in [2.45, 2.75) is 57.3 Å². The number of aryl methyl sites for hydroxylation is 2. The van der Waals surface area contributed by atoms with Gasteiger partial charge in [0.25, 0.3) is 5.56 Å². The van der Waals surface area contributed by atoms with Crippen molar-refractivity contribution in [2.24, 2.45) is 13.0 Å². The molecule has 0 amide bonds. The van der Waals surface area contributed by atoms with Crippen molar-refractivity contribution >= 4 is 21.1 Å². The topological polar surface area (TPSA) is 130 Å². The minimum absolute atomic E-state index is 0.117. The largest absolute Gasteiger partial charge is 0.493 e. The molecule has 1 saturated heterocycles. The number of nitrogens with zero attached hydrogens (tertiary/aromatic N) is 4. The molecule has 2 N–H and O–H groups in total. The van der Waals surface area contributed by atoms with Gasteiger partial charge in [0.05, 0.1) is 22.8 Å². The Morgan fingerprint density at radius 1 is 1.22 bits per heavy atom. The summed E-state index contributed by atoms with van der Waals surface area (Å²) >= 11 is 0. The predicted molar refractivity (Wildman–Crippen MR) is 138 cm³/mol. The molecular weight excluding hydrogens is 482 g/mol. The molecule has 36 heavy (non-hydrogen) atoms. The third-order valence-corrected chi connectivity index (χ3v) is 8.63. The zero-order valence-electron chi connectivity index (χ0n) is 21.2. The smallest absolute Gasteiger partial charge is 0.277 e. The minimum Gasteiger partial charge on any atom is -0.493 e. The molecule has 1 atom stereocenters. The van der Waals surface area contributed by atoms with Crippen LogP contribution in [0.15, 0.2) is 27.9 Å². The number of aromatic nitrogens is 4. The molecule has 0 saturated carbocycles. The van der Waals surface area contributed by atoms with Gasteiger partial charge < -0.3 is 14.8 Å². The number of benzene rings is 1. The van der Waals surface area contributed by atoms with Crippen molar-refractivity contribution < 1.29 is 18.3 Å². The molecule has 1 aliphatic heterocycles. The molecule has 0 bridgehead atoms. The first-order valence-corrected chi connectivity index (χ1v) is 14.1. The fourth-order valence-corrected chi connectivity index (χ4v) is 6.44. The van der Waals surface area contributed by atoms with Gasteiger partial charge in [-0.05, 0) is 63.1 Å². The molecule has 1 aromatic carbocycles. The van der Waals surface area contributed by atoms with Crippen LogP contribution in [0.4, 0.5) is 0 Å². The first-order valence-electron chi connectivity index (χ1n) is 12.6. The number of H-pyrrole nitrogens is 1. The van der Waals surface area contributed by atoms with Crippen molar-refractivity contribution in [1.29, 1.82) is 0 Å². The normalized spacial score (nSPS) is 17.4. The molecule has 1 aliphatic rings. The fraction of sp³-hybridized carbons (Fsp3) is 0.560. The Hall–Kier alpha value is -2.76. The van der Waals surface area contributed by atoms with Crippen LogP contribution in [0.25, 0.3) is 22.4 Å². The third kappa shape index (κ3) is 5.18. The van der Waals surface area contributed by atoms with E-state index in [1.165, 1.54) is 15.1 Å². The quantitative estimate of drug-likeness (QED) is 0.446. The Labute approximate surface area is 211 Å². The summed E-state index contributed by atoms with van der Waals surface area (Å²) in [6.07, 6.45) is 4.58. The van der Waals surface area contributed by atoms with Gasteiger partial charge in [-0.2, -0.15) is 9.40 Å². The summed E-state index contributed by atoms with van der Waals surface area (Å²) in [5.41, 5.74) is 1.69. The molecule has 0 spiro atoms. The maximum atomic E-state index is 13.6. The van der Waals surface area contributed by atoms with E-state index in [1.54, 1.807) is 19.2 Å². The zero-order chi connectivity index (χ0) is 25.9. The molecule has 196 valence electrons. The van der Waals surface area contributed by atoms with E-state index in [2.05, 4.69) is 10.1 Å². The Morgan fingerprint density at radius 3 is 2.75 bits per heavy atom. The Morgan fingerprint density at radius 2 is 2.03 bits per heavy atom. The van der Waals surface area contributed by atoms with Gasteiger partial charge in [-0.25, -0.2) is 13.4 Å². The highest BCUT2D eigenvalue weighted by Gasteiger charge is 2.29. The number of rotatable bonds is 9. The Kier molecular flexibility index (Phi) is 8.11. The maximum absolute atomic E-state index is 13.6. The molecule has 0 radical (unpaired) electrons. The lowest BCUT2D eigenvalue weighted by molar-refractivity contribution is 0.248. The molecule has 3 aromatic rings. The summed E-state index contributed by atoms with van der Waals surface area (Å²) < 4.78 is 36.1. The summed E-state index contributed by atoms with van der Waals surface area (Å²) in [6.45, 7) is 5.21. The van der Waals surface area contributed by atoms with Crippen molar-refractivity contribution in [3.05, 3.63) is 34.2 Å². The average Bonchev–Trinajstić information content (AvgIpc) is 3.00. The van der Waals surface area contributed by atoms with Crippen LogP contribution in [-0.4, -0.2) is 63.9 Å². The van der Waals surface area contributed by atoms with Gasteiger partial charge in [0.15, 0.2) is 5.52 Å². The number of aliphatic hydroxyl groups is 1. The van der Waals surface area contributed by atoms with E-state index >= 15 is 0 Å². The third-order valence-electron chi connectivity index (χ3n) is 6.74. The highest BCUT2D eigenvalue weighted by molar-refractivity contribution is 7.89. The van der Waals surface area contributed by atoms with Gasteiger partial charge in [0.2, 0.25) is 10.0 Å². The van der Waals surface area contributed by atoms with Crippen molar-refractivity contribution in [3.63, 3.8) is 0 Å². The van der Waals surface area contributed by atoms with E-state index < -0.39 is 10.0 Å². The number of hydrogen-bond acceptors (Lipinski definition) is 7. The van der Waals surface area contributed by atoms with Gasteiger partial charge >= 0.3 is 0 Å². The second-order valence-corrected chi connectivity index (χ2v) is 11.2. The monoisotopic (exact) mass is 517 g/mol. The minimum atomic E-state index is -3.77. The number of aliphatic hydroxyl groups excluding tert-OH is 1. The first kappa shape index (κ1) is 26.3. The molecule has 1 fully saturated rings. The molecule has 3 heterocycles. The van der Waals surface area contributed by atoms with Crippen molar-refractivity contribution in [3.8, 4) is 17.1 Å². The number of nitrogens with one attached hydrogen (secondary N) is 1. The van der Waals surface area contributed by atoms with Crippen LogP contribution in [-0.2, 0) is 23.5 Å². The number of ether oxygens (including phenoxy) is 1. The Balaban J connectivity index is 1.78. The summed E-state index contributed by atoms with van der Waals surface area (Å²) in [5.74, 6) is 1.01. The van der Waals surface area contributed by atoms with Crippen LogP contribution < -0.4 is 10.3 Å². The zero-order valence-corrected chi connectivity index (χ0v) is 22.0. The number of hydrogen-bond donors (Lipinski definition) is 2. The predicted octanol–water partition coefficient (Wildman–Crippen LogP) is 2.85. The van der Waals surface area contributed by atoms with Gasteiger partial charge in [-0.1, -0.05) is 13.3 Å². The van der Waals surface area contributed by atoms with E-state index in [0.29, 0.717) is 60.8 Å². The SMILES string of the molecule is CCCc1nn(C)c2c(=O)[nH]c(-c3cc(S(=O)(=O)N4CCCC(CCO)CC4)ccc3OCC)nc12. The lowest BCUT2D eigenvalue weighted by atomic mass is 9.98. The number of aromatic amines is 1. The van der Waals surface area contributed by atoms with Gasteiger partial charge in [-0.3, -0.25) is 9.48 Å². The molecule has 4 rings (SSSR count). The lowest BCUT2D eigenvalue weighted by Gasteiger charge is -2.21. The van der Waals surface area contributed by atoms with Gasteiger partial charge in [0, 0.05) is 26.7 Å². The summed E-state index contributed by atoms with van der Waals surface area (Å²) in [6, 6.07) is 4.71. The molecule has 0 aliphatic carbocycles. The highest BCUT2D eigenvalue weighted by Crippen LogP contribution is 2.33. The van der Waals surface area contributed by atoms with Crippen LogP contribution in [0, 0.1) is 5.92 Å². The Bertz CT molecular complexity index is 1380. The summed E-state index contributed by atoms with van der Waals surface area (Å²) in [4.78, 5) is 20.6. The van der Waals surface area contributed by atoms with Crippen molar-refractivity contribution in [1.82, 2.24) is 24.1 Å². The van der Waals surface area contributed by atoms with E-state index in [0.717, 1.165) is 31.4 Å². The van der Waals surface area contributed by atoms with Crippen molar-refractivity contribution in [2.75, 3.05) is 26.3 Å². The van der Waals surface area contributed by atoms with E-state index in [4.69, 9.17) is 9.72 Å². The molecule has 2 aromatic heterocycles. The van der Waals surface area contributed by atoms with Crippen LogP contribution >= 0.6 is 0 Å². The number of fused-ring (bicyclic) bond motifs is 1. The summed E-state index contributed by atoms with van der Waals surface area (Å²) in [7, 11) is -2.06. The summed E-state index contributed by atoms with van der Waals surface area (Å²) in [5, 5.41) is 13.7.